The van der Waals surface area contributed by atoms with Gasteiger partial charge in [-0.05, 0) is 12.3 Å². The Balaban J connectivity index is 3.02. The summed E-state index contributed by atoms with van der Waals surface area (Å²) in [6.45, 7) is 0. The fraction of sp³-hybridized carbons (Fsp3) is 0.250. The SMILES string of the molecule is CSCONS(=O)(=O)c1ccccc1[N+](=O)[O-]. The van der Waals surface area contributed by atoms with Gasteiger partial charge in [0.05, 0.1) is 4.92 Å². The number of rotatable bonds is 6. The van der Waals surface area contributed by atoms with Crippen LogP contribution >= 0.6 is 11.8 Å². The van der Waals surface area contributed by atoms with Crippen molar-refractivity contribution in [2.75, 3.05) is 12.2 Å². The van der Waals surface area contributed by atoms with Gasteiger partial charge in [0.15, 0.2) is 4.90 Å². The minimum absolute atomic E-state index is 0.111. The molecule has 0 atom stereocenters. The van der Waals surface area contributed by atoms with Gasteiger partial charge in [-0.2, -0.15) is 0 Å². The van der Waals surface area contributed by atoms with Crippen molar-refractivity contribution in [3.63, 3.8) is 0 Å². The Hall–Kier alpha value is -1.16. The smallest absolute Gasteiger partial charge is 0.276 e. The number of sulfonamides is 1. The van der Waals surface area contributed by atoms with Gasteiger partial charge in [-0.15, -0.1) is 11.8 Å². The van der Waals surface area contributed by atoms with E-state index < -0.39 is 25.5 Å². The molecule has 0 spiro atoms. The molecule has 0 saturated heterocycles. The molecule has 1 N–H and O–H groups in total. The Morgan fingerprint density at radius 2 is 2.12 bits per heavy atom. The summed E-state index contributed by atoms with van der Waals surface area (Å²) in [6.07, 6.45) is 1.72. The van der Waals surface area contributed by atoms with Crippen molar-refractivity contribution in [1.82, 2.24) is 4.89 Å². The summed E-state index contributed by atoms with van der Waals surface area (Å²) in [7, 11) is -4.04. The molecule has 0 bridgehead atoms. The van der Waals surface area contributed by atoms with Crippen LogP contribution in [0, 0.1) is 10.1 Å². The van der Waals surface area contributed by atoms with Crippen LogP contribution in [-0.4, -0.2) is 25.5 Å². The van der Waals surface area contributed by atoms with Gasteiger partial charge < -0.3 is 0 Å². The predicted molar refractivity (Wildman–Crippen MR) is 62.9 cm³/mol. The maximum atomic E-state index is 11.7. The van der Waals surface area contributed by atoms with Crippen molar-refractivity contribution in [2.45, 2.75) is 4.90 Å². The zero-order valence-electron chi connectivity index (χ0n) is 8.82. The zero-order valence-corrected chi connectivity index (χ0v) is 10.5. The minimum atomic E-state index is -4.04. The van der Waals surface area contributed by atoms with E-state index in [0.29, 0.717) is 0 Å². The average molecular weight is 278 g/mol. The summed E-state index contributed by atoms with van der Waals surface area (Å²) in [5, 5.41) is 10.7. The third-order valence-electron chi connectivity index (χ3n) is 1.70. The maximum Gasteiger partial charge on any atom is 0.289 e. The Bertz CT molecular complexity index is 502. The number of para-hydroxylation sites is 1. The van der Waals surface area contributed by atoms with Crippen LogP contribution in [0.2, 0.25) is 0 Å². The van der Waals surface area contributed by atoms with Crippen LogP contribution in [0.1, 0.15) is 0 Å². The van der Waals surface area contributed by atoms with E-state index >= 15 is 0 Å². The molecule has 9 heteroatoms. The highest BCUT2D eigenvalue weighted by molar-refractivity contribution is 7.98. The molecule has 0 heterocycles. The molecule has 0 fully saturated rings. The Kier molecular flexibility index (Phi) is 4.87. The van der Waals surface area contributed by atoms with Crippen LogP contribution in [-0.2, 0) is 14.9 Å². The lowest BCUT2D eigenvalue weighted by molar-refractivity contribution is -0.387. The molecule has 94 valence electrons. The minimum Gasteiger partial charge on any atom is -0.276 e. The lowest BCUT2D eigenvalue weighted by atomic mass is 10.3. The second kappa shape index (κ2) is 5.96. The van der Waals surface area contributed by atoms with Crippen molar-refractivity contribution in [2.24, 2.45) is 0 Å². The highest BCUT2D eigenvalue weighted by Crippen LogP contribution is 2.22. The number of nitro benzene ring substituents is 1. The van der Waals surface area contributed by atoms with Gasteiger partial charge in [0.1, 0.15) is 5.94 Å². The first-order chi connectivity index (χ1) is 7.99. The van der Waals surface area contributed by atoms with Crippen LogP contribution in [0.15, 0.2) is 29.2 Å². The molecule has 1 rings (SSSR count). The van der Waals surface area contributed by atoms with E-state index in [1.54, 1.807) is 6.26 Å². The number of thioether (sulfide) groups is 1. The fourth-order valence-electron chi connectivity index (χ4n) is 1.04. The number of nitro groups is 1. The first-order valence-electron chi connectivity index (χ1n) is 4.35. The molecule has 0 amide bonds. The first kappa shape index (κ1) is 13.9. The summed E-state index contributed by atoms with van der Waals surface area (Å²) in [5.41, 5.74) is -0.493. The second-order valence-electron chi connectivity index (χ2n) is 2.86. The first-order valence-corrected chi connectivity index (χ1v) is 7.22. The van der Waals surface area contributed by atoms with Gasteiger partial charge >= 0.3 is 0 Å². The van der Waals surface area contributed by atoms with E-state index in [0.717, 1.165) is 12.1 Å². The lowest BCUT2D eigenvalue weighted by Gasteiger charge is -2.06. The average Bonchev–Trinajstić information content (AvgIpc) is 2.29. The zero-order chi connectivity index (χ0) is 12.9. The van der Waals surface area contributed by atoms with Crippen molar-refractivity contribution in [3.05, 3.63) is 34.4 Å². The number of benzene rings is 1. The van der Waals surface area contributed by atoms with Crippen LogP contribution < -0.4 is 4.89 Å². The van der Waals surface area contributed by atoms with E-state index in [4.69, 9.17) is 0 Å². The standard InChI is InChI=1S/C8H10N2O5S2/c1-16-6-15-9-17(13,14)8-5-3-2-4-7(8)10(11)12/h2-5,9H,6H2,1H3. The lowest BCUT2D eigenvalue weighted by Crippen LogP contribution is -2.24. The van der Waals surface area contributed by atoms with E-state index in [1.807, 2.05) is 4.89 Å². The van der Waals surface area contributed by atoms with Crippen molar-refractivity contribution in [1.29, 1.82) is 0 Å². The number of hydrogen-bond acceptors (Lipinski definition) is 6. The molecular weight excluding hydrogens is 268 g/mol. The monoisotopic (exact) mass is 278 g/mol. The van der Waals surface area contributed by atoms with Crippen LogP contribution in [0.4, 0.5) is 5.69 Å². The molecule has 0 radical (unpaired) electrons. The van der Waals surface area contributed by atoms with Gasteiger partial charge in [0.2, 0.25) is 0 Å². The molecule has 0 saturated carbocycles. The van der Waals surface area contributed by atoms with Crippen molar-refractivity contribution < 1.29 is 18.2 Å². The van der Waals surface area contributed by atoms with Gasteiger partial charge in [0, 0.05) is 6.07 Å². The third-order valence-corrected chi connectivity index (χ3v) is 3.31. The summed E-state index contributed by atoms with van der Waals surface area (Å²) < 4.78 is 23.4. The highest BCUT2D eigenvalue weighted by Gasteiger charge is 2.25. The Morgan fingerprint density at radius 3 is 2.71 bits per heavy atom. The van der Waals surface area contributed by atoms with E-state index in [1.165, 1.54) is 23.9 Å². The quantitative estimate of drug-likeness (QED) is 0.362. The fourth-order valence-corrected chi connectivity index (χ4v) is 2.27. The molecular formula is C8H10N2O5S2. The van der Waals surface area contributed by atoms with E-state index in [2.05, 4.69) is 4.84 Å². The molecule has 1 aromatic rings. The highest BCUT2D eigenvalue weighted by atomic mass is 32.2. The van der Waals surface area contributed by atoms with Crippen molar-refractivity contribution >= 4 is 27.5 Å². The number of hydrogen-bond donors (Lipinski definition) is 1. The van der Waals surface area contributed by atoms with Crippen LogP contribution in [0.5, 0.6) is 0 Å². The molecule has 7 nitrogen and oxygen atoms in total. The number of nitrogens with zero attached hydrogens (tertiary/aromatic N) is 1. The summed E-state index contributed by atoms with van der Waals surface area (Å²) >= 11 is 1.26. The van der Waals surface area contributed by atoms with Gasteiger partial charge in [-0.1, -0.05) is 17.0 Å². The predicted octanol–water partition coefficient (Wildman–Crippen LogP) is 1.13. The maximum absolute atomic E-state index is 11.7. The molecule has 0 aliphatic carbocycles. The van der Waals surface area contributed by atoms with E-state index in [9.17, 15) is 18.5 Å². The van der Waals surface area contributed by atoms with Crippen LogP contribution in [0.3, 0.4) is 0 Å². The van der Waals surface area contributed by atoms with Crippen molar-refractivity contribution in [3.8, 4) is 0 Å². The third kappa shape index (κ3) is 3.66. The molecule has 0 aliphatic rings. The molecule has 1 aromatic carbocycles. The molecule has 17 heavy (non-hydrogen) atoms. The molecule has 0 aromatic heterocycles. The largest absolute Gasteiger partial charge is 0.289 e. The Labute approximate surface area is 102 Å². The molecule has 0 aliphatic heterocycles. The van der Waals surface area contributed by atoms with Crippen LogP contribution in [0.25, 0.3) is 0 Å². The topological polar surface area (TPSA) is 98.5 Å². The van der Waals surface area contributed by atoms with Gasteiger partial charge in [-0.3, -0.25) is 15.0 Å². The Morgan fingerprint density at radius 1 is 1.47 bits per heavy atom. The number of nitrogens with one attached hydrogen (secondary N) is 1. The summed E-state index contributed by atoms with van der Waals surface area (Å²) in [4.78, 5) is 15.9. The molecule has 0 unspecified atom stereocenters. The summed E-state index contributed by atoms with van der Waals surface area (Å²) in [5.74, 6) is 0.111. The van der Waals surface area contributed by atoms with Gasteiger partial charge in [0.25, 0.3) is 15.7 Å². The van der Waals surface area contributed by atoms with E-state index in [-0.39, 0.29) is 5.94 Å². The summed E-state index contributed by atoms with van der Waals surface area (Å²) in [6, 6.07) is 5.04. The normalized spacial score (nSPS) is 11.4. The van der Waals surface area contributed by atoms with Gasteiger partial charge in [-0.25, -0.2) is 8.42 Å². The second-order valence-corrected chi connectivity index (χ2v) is 5.29.